The lowest BCUT2D eigenvalue weighted by atomic mass is 9.60. The highest BCUT2D eigenvalue weighted by molar-refractivity contribution is 5.84. The molecule has 7 heteroatoms. The summed E-state index contributed by atoms with van der Waals surface area (Å²) in [6.07, 6.45) is 0. The third kappa shape index (κ3) is 7.06. The van der Waals surface area contributed by atoms with Crippen molar-refractivity contribution in [2.45, 2.75) is 11.8 Å². The van der Waals surface area contributed by atoms with Crippen molar-refractivity contribution in [3.8, 4) is 96.7 Å². The van der Waals surface area contributed by atoms with Gasteiger partial charge in [0.2, 0.25) is 0 Å². The molecule has 70 heavy (non-hydrogen) atoms. The number of nitrogens with zero attached hydrogens (tertiary/aromatic N) is 7. The molecule has 2 atom stereocenters. The number of hydrogen-bond acceptors (Lipinski definition) is 7. The summed E-state index contributed by atoms with van der Waals surface area (Å²) in [7, 11) is 0. The Labute approximate surface area is 405 Å². The van der Waals surface area contributed by atoms with Gasteiger partial charge in [0.25, 0.3) is 0 Å². The zero-order valence-electron chi connectivity index (χ0n) is 37.6. The molecular formula is C63H39N7. The quantitative estimate of drug-likeness (QED) is 0.150. The van der Waals surface area contributed by atoms with Crippen LogP contribution in [0.3, 0.4) is 0 Å². The average Bonchev–Trinajstić information content (AvgIpc) is 3.45. The fourth-order valence-electron chi connectivity index (χ4n) is 10.4. The molecule has 0 spiro atoms. The Morgan fingerprint density at radius 2 is 0.571 bits per heavy atom. The van der Waals surface area contributed by atoms with Crippen LogP contribution >= 0.6 is 0 Å². The second-order valence-electron chi connectivity index (χ2n) is 17.7. The van der Waals surface area contributed by atoms with E-state index in [0.717, 1.165) is 61.2 Å². The lowest BCUT2D eigenvalue weighted by Gasteiger charge is -2.42. The molecule has 3 aliphatic carbocycles. The Kier molecular flexibility index (Phi) is 9.88. The number of rotatable bonds is 8. The largest absolute Gasteiger partial charge is 0.208 e. The normalized spacial score (nSPS) is 14.0. The van der Waals surface area contributed by atoms with Gasteiger partial charge in [-0.1, -0.05) is 200 Å². The molecule has 2 aromatic heterocycles. The van der Waals surface area contributed by atoms with Crippen LogP contribution in [0.1, 0.15) is 50.8 Å². The van der Waals surface area contributed by atoms with Crippen LogP contribution in [0.15, 0.2) is 224 Å². The number of nitriles is 1. The number of hydrogen-bond donors (Lipinski definition) is 0. The zero-order chi connectivity index (χ0) is 46.5. The first-order chi connectivity index (χ1) is 34.6. The van der Waals surface area contributed by atoms with Crippen molar-refractivity contribution in [3.63, 3.8) is 0 Å². The molecule has 0 saturated carbocycles. The number of benzene rings is 9. The molecule has 0 fully saturated rings. The van der Waals surface area contributed by atoms with Crippen molar-refractivity contribution in [1.29, 1.82) is 5.26 Å². The van der Waals surface area contributed by atoms with Crippen molar-refractivity contribution >= 4 is 0 Å². The summed E-state index contributed by atoms with van der Waals surface area (Å²) in [4.78, 5) is 31.1. The summed E-state index contributed by atoms with van der Waals surface area (Å²) in [6.45, 7) is 0. The molecule has 0 N–H and O–H groups in total. The highest BCUT2D eigenvalue weighted by Crippen LogP contribution is 2.57. The van der Waals surface area contributed by atoms with Crippen molar-refractivity contribution in [2.24, 2.45) is 0 Å². The minimum absolute atomic E-state index is 0.105. The second kappa shape index (κ2) is 17.0. The van der Waals surface area contributed by atoms with E-state index >= 15 is 0 Å². The Hall–Kier alpha value is -9.51. The summed E-state index contributed by atoms with van der Waals surface area (Å²) in [5.41, 5.74) is 17.5. The third-order valence-corrected chi connectivity index (χ3v) is 13.6. The maximum absolute atomic E-state index is 10.2. The van der Waals surface area contributed by atoms with Crippen LogP contribution < -0.4 is 0 Å². The minimum Gasteiger partial charge on any atom is -0.208 e. The number of aromatic nitrogens is 6. The van der Waals surface area contributed by atoms with Crippen LogP contribution in [0.2, 0.25) is 0 Å². The molecule has 11 aromatic rings. The van der Waals surface area contributed by atoms with Gasteiger partial charge < -0.3 is 0 Å². The van der Waals surface area contributed by atoms with E-state index in [0.29, 0.717) is 40.5 Å². The monoisotopic (exact) mass is 893 g/mol. The van der Waals surface area contributed by atoms with E-state index in [1.165, 1.54) is 27.8 Å². The van der Waals surface area contributed by atoms with Crippen LogP contribution in [-0.2, 0) is 0 Å². The van der Waals surface area contributed by atoms with Gasteiger partial charge in [0.1, 0.15) is 0 Å². The summed E-state index contributed by atoms with van der Waals surface area (Å²) < 4.78 is 0. The Bertz CT molecular complexity index is 3850. The summed E-state index contributed by atoms with van der Waals surface area (Å²) in [5.74, 6) is 3.35. The molecule has 2 unspecified atom stereocenters. The predicted molar refractivity (Wildman–Crippen MR) is 276 cm³/mol. The van der Waals surface area contributed by atoms with Gasteiger partial charge in [-0.2, -0.15) is 5.26 Å². The maximum atomic E-state index is 10.2. The highest BCUT2D eigenvalue weighted by atomic mass is 15.0. The average molecular weight is 894 g/mol. The van der Waals surface area contributed by atoms with Gasteiger partial charge in [0.05, 0.1) is 11.6 Å². The molecule has 326 valence electrons. The van der Waals surface area contributed by atoms with Crippen LogP contribution in [0.25, 0.3) is 90.6 Å². The summed E-state index contributed by atoms with van der Waals surface area (Å²) in [6, 6.07) is 79.4. The molecule has 0 saturated heterocycles. The topological polar surface area (TPSA) is 101 Å². The summed E-state index contributed by atoms with van der Waals surface area (Å²) in [5, 5.41) is 10.2. The fourth-order valence-corrected chi connectivity index (χ4v) is 10.4. The molecule has 0 radical (unpaired) electrons. The van der Waals surface area contributed by atoms with Crippen LogP contribution in [0.5, 0.6) is 0 Å². The molecule has 2 heterocycles. The molecular weight excluding hydrogens is 855 g/mol. The van der Waals surface area contributed by atoms with E-state index in [4.69, 9.17) is 29.9 Å². The summed E-state index contributed by atoms with van der Waals surface area (Å²) >= 11 is 0. The molecule has 2 bridgehead atoms. The van der Waals surface area contributed by atoms with E-state index in [9.17, 15) is 5.26 Å². The lowest BCUT2D eigenvalue weighted by molar-refractivity contribution is 0.754. The smallest absolute Gasteiger partial charge is 0.164 e. The zero-order valence-corrected chi connectivity index (χ0v) is 37.6. The maximum Gasteiger partial charge on any atom is 0.164 e. The molecule has 14 rings (SSSR count). The van der Waals surface area contributed by atoms with E-state index in [1.807, 2.05) is 91.0 Å². The van der Waals surface area contributed by atoms with Crippen molar-refractivity contribution in [1.82, 2.24) is 29.9 Å². The second-order valence-corrected chi connectivity index (χ2v) is 17.7. The first kappa shape index (κ1) is 40.7. The molecule has 9 aromatic carbocycles. The standard InChI is InChI=1S/C63H39N7/c64-38-39-29-32-48-53(35-39)57-50-34-31-44(60-65-58(42-21-9-3-10-22-42)67-62(69-60)51-27-15-13-25-46(51)40-17-5-1-6-18-40)36-54(50)56(48)49-33-30-45(37-55(49)57)61-66-59(43-23-11-4-12-24-43)68-63(70-61)52-28-16-14-26-47(52)41-19-7-2-8-20-41/h1-37,56-57H. The van der Waals surface area contributed by atoms with Gasteiger partial charge in [-0.05, 0) is 79.9 Å². The Balaban J connectivity index is 0.958. The van der Waals surface area contributed by atoms with Gasteiger partial charge in [-0.3, -0.25) is 0 Å². The van der Waals surface area contributed by atoms with E-state index in [1.54, 1.807) is 0 Å². The SMILES string of the molecule is N#Cc1ccc2c(c1)C1c3ccc(-c4nc(-c5ccccc5)nc(-c5ccccc5-c5ccccc5)n4)cc3C2c2ccc(-c3nc(-c4ccccc4)nc(-c4ccccc4-c4ccccc4)n3)cc21. The third-order valence-electron chi connectivity index (χ3n) is 13.6. The highest BCUT2D eigenvalue weighted by Gasteiger charge is 2.42. The Morgan fingerprint density at radius 1 is 0.257 bits per heavy atom. The van der Waals surface area contributed by atoms with Crippen molar-refractivity contribution in [3.05, 3.63) is 263 Å². The molecule has 3 aliphatic rings. The molecule has 0 aliphatic heterocycles. The van der Waals surface area contributed by atoms with Gasteiger partial charge in [-0.25, -0.2) is 29.9 Å². The van der Waals surface area contributed by atoms with E-state index < -0.39 is 0 Å². The van der Waals surface area contributed by atoms with Crippen LogP contribution in [0.4, 0.5) is 0 Å². The van der Waals surface area contributed by atoms with Gasteiger partial charge in [0, 0.05) is 45.2 Å². The van der Waals surface area contributed by atoms with Crippen LogP contribution in [0, 0.1) is 11.3 Å². The van der Waals surface area contributed by atoms with Gasteiger partial charge in [-0.15, -0.1) is 0 Å². The predicted octanol–water partition coefficient (Wildman–Crippen LogP) is 14.3. The molecule has 7 nitrogen and oxygen atoms in total. The van der Waals surface area contributed by atoms with Crippen LogP contribution in [-0.4, -0.2) is 29.9 Å². The first-order valence-corrected chi connectivity index (χ1v) is 23.4. The van der Waals surface area contributed by atoms with Gasteiger partial charge in [0.15, 0.2) is 34.9 Å². The Morgan fingerprint density at radius 3 is 0.986 bits per heavy atom. The van der Waals surface area contributed by atoms with E-state index in [2.05, 4.69) is 140 Å². The molecule has 0 amide bonds. The first-order valence-electron chi connectivity index (χ1n) is 23.4. The van der Waals surface area contributed by atoms with Crippen molar-refractivity contribution < 1.29 is 0 Å². The minimum atomic E-state index is -0.146. The van der Waals surface area contributed by atoms with E-state index in [-0.39, 0.29) is 11.8 Å². The van der Waals surface area contributed by atoms with Crippen molar-refractivity contribution in [2.75, 3.05) is 0 Å². The lowest BCUT2D eigenvalue weighted by Crippen LogP contribution is -2.27. The van der Waals surface area contributed by atoms with Gasteiger partial charge >= 0.3 is 0 Å². The fraction of sp³-hybridized carbons (Fsp3) is 0.0317.